The predicted molar refractivity (Wildman–Crippen MR) is 248 cm³/mol. The fourth-order valence-corrected chi connectivity index (χ4v) is 10.9. The van der Waals surface area contributed by atoms with Crippen LogP contribution in [0.2, 0.25) is 5.02 Å². The Morgan fingerprint density at radius 3 is 2.44 bits per heavy atom. The zero-order valence-electron chi connectivity index (χ0n) is 36.0. The number of ether oxygens (including phenoxy) is 1. The van der Waals surface area contributed by atoms with Crippen LogP contribution >= 0.6 is 18.7 Å². The van der Waals surface area contributed by atoms with Crippen molar-refractivity contribution >= 4 is 70.6 Å². The molecule has 0 aliphatic carbocycles. The van der Waals surface area contributed by atoms with E-state index in [2.05, 4.69) is 74.1 Å². The van der Waals surface area contributed by atoms with Crippen LogP contribution in [-0.4, -0.2) is 83.1 Å². The Morgan fingerprint density at radius 2 is 1.68 bits per heavy atom. The minimum Gasteiger partial charge on any atom is -0.494 e. The number of nitrogens with zero attached hydrogens (tertiary/aromatic N) is 5. The number of hydrogen-bond acceptors (Lipinski definition) is 11. The van der Waals surface area contributed by atoms with Crippen molar-refractivity contribution in [2.45, 2.75) is 77.2 Å². The van der Waals surface area contributed by atoms with E-state index in [1.165, 1.54) is 27.9 Å². The molecule has 4 aliphatic heterocycles. The average molecular weight is 887 g/mol. The number of fused-ring (bicyclic) bond motifs is 2. The molecule has 0 saturated carbocycles. The summed E-state index contributed by atoms with van der Waals surface area (Å²) in [6, 6.07) is 24.2. The smallest absolute Gasteiger partial charge is 0.255 e. The van der Waals surface area contributed by atoms with E-state index in [9.17, 15) is 18.9 Å². The second-order valence-corrected chi connectivity index (χ2v) is 20.9. The molecule has 0 bridgehead atoms. The molecule has 2 fully saturated rings. The van der Waals surface area contributed by atoms with Crippen LogP contribution in [0, 0.1) is 0 Å². The van der Waals surface area contributed by atoms with E-state index in [0.29, 0.717) is 59.2 Å². The summed E-state index contributed by atoms with van der Waals surface area (Å²) < 4.78 is 18.9. The Balaban J connectivity index is 0.838. The Kier molecular flexibility index (Phi) is 11.8. The van der Waals surface area contributed by atoms with Gasteiger partial charge in [0.05, 0.1) is 24.7 Å². The summed E-state index contributed by atoms with van der Waals surface area (Å²) in [6.45, 7) is 9.71. The minimum atomic E-state index is -2.56. The van der Waals surface area contributed by atoms with Gasteiger partial charge < -0.3 is 29.7 Å². The van der Waals surface area contributed by atoms with Crippen LogP contribution < -0.4 is 30.9 Å². The first kappa shape index (κ1) is 42.5. The molecule has 0 spiro atoms. The standard InChI is InChI=1S/C48H52ClN8O5P/c1-5-30-23-39(52-48-50-25-37(49)45(54-48)51-38-11-6-7-12-43(38)63(3,4)61)42(62-2)24-41(30)55-19-17-34(18-20-55)56-26-32-14-13-29(22-33(32)27-56)21-31-9-8-10-35-36(31)28-57(47(35)60)40-15-16-44(58)53-46(40)59/h6-14,22-25,34,40H,5,15-21,26-28H2,1-4H3,(H,53,58,59)(H2,50,51,52,54). The van der Waals surface area contributed by atoms with E-state index in [1.54, 1.807) is 31.5 Å². The molecule has 1 aromatic heterocycles. The first-order valence-corrected chi connectivity index (χ1v) is 24.6. The number of aromatic nitrogens is 2. The summed E-state index contributed by atoms with van der Waals surface area (Å²) in [4.78, 5) is 53.7. The van der Waals surface area contributed by atoms with Gasteiger partial charge in [0.2, 0.25) is 17.8 Å². The van der Waals surface area contributed by atoms with Gasteiger partial charge >= 0.3 is 0 Å². The number of carbonyl (C=O) groups excluding carboxylic acids is 3. The highest BCUT2D eigenvalue weighted by Crippen LogP contribution is 2.41. The number of benzene rings is 4. The second kappa shape index (κ2) is 17.4. The molecular formula is C48H52ClN8O5P. The number of aryl methyl sites for hydroxylation is 1. The summed E-state index contributed by atoms with van der Waals surface area (Å²) in [6.07, 6.45) is 5.76. The molecule has 3 N–H and O–H groups in total. The quantitative estimate of drug-likeness (QED) is 0.0834. The molecule has 63 heavy (non-hydrogen) atoms. The molecular weight excluding hydrogens is 835 g/mol. The van der Waals surface area contributed by atoms with Gasteiger partial charge in [-0.3, -0.25) is 24.6 Å². The summed E-state index contributed by atoms with van der Waals surface area (Å²) in [5.74, 6) is 0.619. The molecule has 5 aromatic rings. The van der Waals surface area contributed by atoms with Gasteiger partial charge in [-0.2, -0.15) is 4.98 Å². The largest absolute Gasteiger partial charge is 0.494 e. The molecule has 13 nitrogen and oxygen atoms in total. The molecule has 15 heteroatoms. The van der Waals surface area contributed by atoms with E-state index in [-0.39, 0.29) is 18.2 Å². The van der Waals surface area contributed by atoms with Crippen molar-refractivity contribution in [1.29, 1.82) is 0 Å². The van der Waals surface area contributed by atoms with Crippen molar-refractivity contribution < 1.29 is 23.7 Å². The fourth-order valence-electron chi connectivity index (χ4n) is 9.62. The van der Waals surface area contributed by atoms with Crippen LogP contribution in [0.5, 0.6) is 5.75 Å². The summed E-state index contributed by atoms with van der Waals surface area (Å²) in [7, 11) is -0.893. The normalized spacial score (nSPS) is 18.0. The average Bonchev–Trinajstić information content (AvgIpc) is 3.85. The van der Waals surface area contributed by atoms with Crippen LogP contribution in [-0.2, 0) is 46.6 Å². The van der Waals surface area contributed by atoms with Crippen LogP contribution in [0.15, 0.2) is 79.0 Å². The zero-order chi connectivity index (χ0) is 44.0. The number of amides is 3. The Morgan fingerprint density at radius 1 is 0.889 bits per heavy atom. The molecule has 9 rings (SSSR count). The van der Waals surface area contributed by atoms with E-state index in [0.717, 1.165) is 67.6 Å². The topological polar surface area (TPSA) is 149 Å². The number of para-hydroxylation sites is 1. The van der Waals surface area contributed by atoms with Crippen molar-refractivity contribution in [2.24, 2.45) is 0 Å². The van der Waals surface area contributed by atoms with Crippen LogP contribution in [0.1, 0.15) is 76.3 Å². The lowest BCUT2D eigenvalue weighted by Gasteiger charge is -2.38. The van der Waals surface area contributed by atoms with E-state index >= 15 is 0 Å². The van der Waals surface area contributed by atoms with Crippen LogP contribution in [0.3, 0.4) is 0 Å². The van der Waals surface area contributed by atoms with Gasteiger partial charge in [0.1, 0.15) is 24.0 Å². The minimum absolute atomic E-state index is 0.144. The maximum Gasteiger partial charge on any atom is 0.255 e. The number of halogens is 1. The molecule has 5 heterocycles. The Bertz CT molecular complexity index is 2680. The van der Waals surface area contributed by atoms with Gasteiger partial charge in [-0.05, 0) is 103 Å². The number of imide groups is 1. The van der Waals surface area contributed by atoms with Gasteiger partial charge in [0.25, 0.3) is 5.91 Å². The lowest BCUT2D eigenvalue weighted by Crippen LogP contribution is -2.52. The van der Waals surface area contributed by atoms with Crippen molar-refractivity contribution in [1.82, 2.24) is 25.1 Å². The van der Waals surface area contributed by atoms with Crippen molar-refractivity contribution in [3.05, 3.63) is 123 Å². The van der Waals surface area contributed by atoms with Crippen LogP contribution in [0.25, 0.3) is 0 Å². The Labute approximate surface area is 372 Å². The first-order valence-electron chi connectivity index (χ1n) is 21.6. The van der Waals surface area contributed by atoms with Crippen molar-refractivity contribution in [2.75, 3.05) is 49.1 Å². The van der Waals surface area contributed by atoms with Gasteiger partial charge in [0.15, 0.2) is 5.82 Å². The van der Waals surface area contributed by atoms with E-state index < -0.39 is 19.1 Å². The lowest BCUT2D eigenvalue weighted by molar-refractivity contribution is -0.136. The molecule has 1 atom stereocenters. The van der Waals surface area contributed by atoms with E-state index in [4.69, 9.17) is 21.3 Å². The highest BCUT2D eigenvalue weighted by molar-refractivity contribution is 7.70. The summed E-state index contributed by atoms with van der Waals surface area (Å²) in [5.41, 5.74) is 10.4. The molecule has 1 unspecified atom stereocenters. The first-order chi connectivity index (χ1) is 30.4. The van der Waals surface area contributed by atoms with Gasteiger partial charge in [-0.15, -0.1) is 0 Å². The number of anilines is 5. The van der Waals surface area contributed by atoms with Crippen LogP contribution in [0.4, 0.5) is 28.8 Å². The molecule has 4 aromatic carbocycles. The number of piperidine rings is 2. The van der Waals surface area contributed by atoms with Gasteiger partial charge in [0, 0.05) is 67.8 Å². The number of rotatable bonds is 12. The number of carbonyl (C=O) groups is 3. The number of methoxy groups -OCH3 is 1. The zero-order valence-corrected chi connectivity index (χ0v) is 37.7. The maximum atomic E-state index is 13.4. The molecule has 326 valence electrons. The van der Waals surface area contributed by atoms with E-state index in [1.807, 2.05) is 36.4 Å². The fraction of sp³-hybridized carbons (Fsp3) is 0.354. The number of nitrogens with one attached hydrogen (secondary N) is 3. The SMILES string of the molecule is CCc1cc(Nc2ncc(Cl)c(Nc3ccccc3P(C)(C)=O)n2)c(OC)cc1N1CCC(N2Cc3ccc(Cc4cccc5c4CN(C4CCC(=O)NC4=O)C5=O)cc3C2)CC1. The molecule has 2 saturated heterocycles. The highest BCUT2D eigenvalue weighted by Gasteiger charge is 2.40. The Hall–Kier alpha value is -5.75. The highest BCUT2D eigenvalue weighted by atomic mass is 35.5. The third-order valence-corrected chi connectivity index (χ3v) is 14.7. The van der Waals surface area contributed by atoms with Gasteiger partial charge in [-0.25, -0.2) is 4.98 Å². The van der Waals surface area contributed by atoms with Crippen molar-refractivity contribution in [3.63, 3.8) is 0 Å². The third-order valence-electron chi connectivity index (χ3n) is 12.9. The molecule has 4 aliphatic rings. The molecule has 3 amide bonds. The van der Waals surface area contributed by atoms with Gasteiger partial charge in [-0.1, -0.05) is 61.0 Å². The number of hydrogen-bond donors (Lipinski definition) is 3. The monoisotopic (exact) mass is 886 g/mol. The molecule has 0 radical (unpaired) electrons. The summed E-state index contributed by atoms with van der Waals surface area (Å²) in [5, 5.41) is 10.1. The third kappa shape index (κ3) is 8.66. The predicted octanol–water partition coefficient (Wildman–Crippen LogP) is 7.77. The second-order valence-electron chi connectivity index (χ2n) is 17.3. The summed E-state index contributed by atoms with van der Waals surface area (Å²) >= 11 is 6.54. The van der Waals surface area contributed by atoms with Crippen molar-refractivity contribution in [3.8, 4) is 5.75 Å². The lowest BCUT2D eigenvalue weighted by atomic mass is 9.95. The maximum absolute atomic E-state index is 13.4.